The van der Waals surface area contributed by atoms with E-state index in [9.17, 15) is 30.8 Å². The summed E-state index contributed by atoms with van der Waals surface area (Å²) < 4.78 is 69.7. The molecule has 10 nitrogen and oxygen atoms in total. The van der Waals surface area contributed by atoms with Crippen molar-refractivity contribution in [3.8, 4) is 0 Å². The van der Waals surface area contributed by atoms with Gasteiger partial charge in [-0.2, -0.15) is 8.42 Å². The number of halogens is 1. The molecule has 0 radical (unpaired) electrons. The minimum Gasteiger partial charge on any atom is -0.341 e. The quantitative estimate of drug-likeness (QED) is 0.523. The lowest BCUT2D eigenvalue weighted by molar-refractivity contribution is -0.162. The number of ketones is 1. The van der Waals surface area contributed by atoms with Gasteiger partial charge in [-0.25, -0.2) is 12.8 Å². The van der Waals surface area contributed by atoms with Gasteiger partial charge in [0.1, 0.15) is 16.5 Å². The van der Waals surface area contributed by atoms with Gasteiger partial charge in [0.2, 0.25) is 15.9 Å². The second-order valence-electron chi connectivity index (χ2n) is 10.8. The van der Waals surface area contributed by atoms with Gasteiger partial charge in [0.05, 0.1) is 11.9 Å². The van der Waals surface area contributed by atoms with Gasteiger partial charge in [-0.1, -0.05) is 12.1 Å². The first-order valence-electron chi connectivity index (χ1n) is 12.7. The molecule has 5 aliphatic rings. The Morgan fingerprint density at radius 1 is 1.08 bits per heavy atom. The number of rotatable bonds is 5. The topological polar surface area (TPSA) is 142 Å². The Kier molecular flexibility index (Phi) is 6.06. The number of fused-ring (bicyclic) bond motifs is 3. The highest BCUT2D eigenvalue weighted by Gasteiger charge is 2.58. The van der Waals surface area contributed by atoms with Gasteiger partial charge in [0.25, 0.3) is 10.0 Å². The number of nitrogens with one attached hydrogen (secondary N) is 2. The van der Waals surface area contributed by atoms with Crippen LogP contribution in [0.15, 0.2) is 51.8 Å². The summed E-state index contributed by atoms with van der Waals surface area (Å²) in [5, 5.41) is 2.87. The Balaban J connectivity index is 1.39. The third-order valence-electron chi connectivity index (χ3n) is 8.24. The summed E-state index contributed by atoms with van der Waals surface area (Å²) in [5.41, 5.74) is 0.704. The van der Waals surface area contributed by atoms with E-state index in [1.165, 1.54) is 24.3 Å². The van der Waals surface area contributed by atoms with E-state index in [0.717, 1.165) is 38.0 Å². The number of carbonyl (C=O) groups is 2. The lowest BCUT2D eigenvalue weighted by Gasteiger charge is -2.55. The third-order valence-corrected chi connectivity index (χ3v) is 10.2. The Morgan fingerprint density at radius 2 is 1.79 bits per heavy atom. The molecule has 0 aromatic heterocycles. The number of carbonyl (C=O) groups excluding carboxylic acids is 2. The van der Waals surface area contributed by atoms with E-state index < -0.39 is 43.6 Å². The number of amidine groups is 1. The molecule has 2 heterocycles. The average Bonchev–Trinajstić information content (AvgIpc) is 2.86. The van der Waals surface area contributed by atoms with Crippen LogP contribution < -0.4 is 10.0 Å². The number of Topliss-reactive ketones (excluding diaryl/α,β-unsaturated/α-hetero) is 1. The van der Waals surface area contributed by atoms with Gasteiger partial charge in [-0.15, -0.1) is 4.40 Å². The van der Waals surface area contributed by atoms with E-state index in [4.69, 9.17) is 0 Å². The van der Waals surface area contributed by atoms with Crippen LogP contribution in [0.1, 0.15) is 31.2 Å². The lowest BCUT2D eigenvalue weighted by atomic mass is 9.57. The average molecular weight is 575 g/mol. The van der Waals surface area contributed by atoms with Crippen molar-refractivity contribution in [1.29, 1.82) is 0 Å². The molecule has 39 heavy (non-hydrogen) atoms. The van der Waals surface area contributed by atoms with E-state index in [1.807, 2.05) is 0 Å². The standard InChI is InChI=1S/C26H27FN4O6S2/c1-38(34,35)29-18-9-10-19-20(12-18)39(36,37)30-25(28-19)22-24(32)21-15-5-7-16(8-6-15)23(21)31(26(22)33)13-14-3-2-4-17(27)11-14/h2-4,9-12,15-16,21-23,29H,5-8,13H2,1H3,(H,28,30)/t15?,16?,21-,22?,23+/m1/s1. The number of hydrogen-bond donors (Lipinski definition) is 2. The summed E-state index contributed by atoms with van der Waals surface area (Å²) in [4.78, 5) is 29.3. The van der Waals surface area contributed by atoms with Crippen LogP contribution in [0, 0.1) is 29.5 Å². The van der Waals surface area contributed by atoms with Crippen LogP contribution in [0.4, 0.5) is 15.8 Å². The molecule has 1 unspecified atom stereocenters. The van der Waals surface area contributed by atoms with Crippen molar-refractivity contribution in [3.63, 3.8) is 0 Å². The first kappa shape index (κ1) is 25.9. The van der Waals surface area contributed by atoms with Gasteiger partial charge < -0.3 is 10.2 Å². The molecular weight excluding hydrogens is 547 g/mol. The number of benzene rings is 2. The molecule has 2 aliphatic heterocycles. The Labute approximate surface area is 225 Å². The van der Waals surface area contributed by atoms with E-state index >= 15 is 0 Å². The van der Waals surface area contributed by atoms with Crippen LogP contribution in [0.3, 0.4) is 0 Å². The molecule has 2 N–H and O–H groups in total. The molecule has 13 heteroatoms. The number of likely N-dealkylation sites (tertiary alicyclic amines) is 1. The van der Waals surface area contributed by atoms with Crippen LogP contribution in [-0.4, -0.2) is 51.6 Å². The molecule has 2 aromatic rings. The summed E-state index contributed by atoms with van der Waals surface area (Å²) in [6.07, 6.45) is 4.48. The van der Waals surface area contributed by atoms with Gasteiger partial charge in [0.15, 0.2) is 11.7 Å². The van der Waals surface area contributed by atoms with Crippen LogP contribution in [0.25, 0.3) is 0 Å². The number of piperidine rings is 1. The molecule has 3 atom stereocenters. The minimum absolute atomic E-state index is 0.0347. The highest BCUT2D eigenvalue weighted by molar-refractivity contribution is 7.92. The van der Waals surface area contributed by atoms with Gasteiger partial charge in [-0.3, -0.25) is 14.3 Å². The first-order valence-corrected chi connectivity index (χ1v) is 16.1. The molecule has 3 aliphatic carbocycles. The van der Waals surface area contributed by atoms with E-state index in [1.54, 1.807) is 17.0 Å². The van der Waals surface area contributed by atoms with Crippen molar-refractivity contribution in [2.45, 2.75) is 43.2 Å². The van der Waals surface area contributed by atoms with E-state index in [0.29, 0.717) is 5.56 Å². The van der Waals surface area contributed by atoms with E-state index in [-0.39, 0.29) is 52.3 Å². The molecule has 3 saturated carbocycles. The molecule has 1 saturated heterocycles. The SMILES string of the molecule is CS(=O)(=O)Nc1ccc2c(c1)S(=O)(=O)N=C(C1C(=O)[C@@H]3C4CCC(CC4)[C@@H]3N(Cc3cccc(F)c3)C1=O)N2. The minimum atomic E-state index is -4.37. The first-order chi connectivity index (χ1) is 18.4. The van der Waals surface area contributed by atoms with Crippen LogP contribution in [0.2, 0.25) is 0 Å². The number of nitrogens with zero attached hydrogens (tertiary/aromatic N) is 2. The molecule has 7 rings (SSSR count). The zero-order valence-corrected chi connectivity index (χ0v) is 22.6. The van der Waals surface area contributed by atoms with Crippen molar-refractivity contribution in [2.24, 2.45) is 28.1 Å². The molecule has 1 amide bonds. The van der Waals surface area contributed by atoms with Gasteiger partial charge in [0, 0.05) is 24.2 Å². The predicted octanol–water partition coefficient (Wildman–Crippen LogP) is 2.74. The number of anilines is 2. The Hall–Kier alpha value is -3.32. The molecular formula is C26H27FN4O6S2. The fourth-order valence-corrected chi connectivity index (χ4v) is 8.48. The summed E-state index contributed by atoms with van der Waals surface area (Å²) in [5.74, 6) is -3.28. The summed E-state index contributed by atoms with van der Waals surface area (Å²) >= 11 is 0. The highest BCUT2D eigenvalue weighted by Crippen LogP contribution is 2.51. The molecule has 4 fully saturated rings. The maximum absolute atomic E-state index is 14.0. The Bertz CT molecular complexity index is 1630. The Morgan fingerprint density at radius 3 is 2.49 bits per heavy atom. The second kappa shape index (κ2) is 9.12. The van der Waals surface area contributed by atoms with Crippen LogP contribution >= 0.6 is 0 Å². The fraction of sp³-hybridized carbons (Fsp3) is 0.423. The zero-order valence-electron chi connectivity index (χ0n) is 21.0. The second-order valence-corrected chi connectivity index (χ2v) is 14.1. The number of hydrogen-bond acceptors (Lipinski definition) is 7. The zero-order chi connectivity index (χ0) is 27.7. The van der Waals surface area contributed by atoms with Gasteiger partial charge >= 0.3 is 0 Å². The maximum atomic E-state index is 14.0. The van der Waals surface area contributed by atoms with Crippen molar-refractivity contribution in [2.75, 3.05) is 16.3 Å². The molecule has 206 valence electrons. The highest BCUT2D eigenvalue weighted by atomic mass is 32.2. The smallest absolute Gasteiger partial charge is 0.286 e. The van der Waals surface area contributed by atoms with Crippen molar-refractivity contribution in [3.05, 3.63) is 53.8 Å². The monoisotopic (exact) mass is 574 g/mol. The third kappa shape index (κ3) is 4.61. The molecule has 0 spiro atoms. The number of sulfonamides is 2. The fourth-order valence-electron chi connectivity index (χ4n) is 6.74. The maximum Gasteiger partial charge on any atom is 0.286 e. The van der Waals surface area contributed by atoms with Crippen LogP contribution in [-0.2, 0) is 36.2 Å². The summed E-state index contributed by atoms with van der Waals surface area (Å²) in [6, 6.07) is 9.51. The van der Waals surface area contributed by atoms with E-state index in [2.05, 4.69) is 14.4 Å². The molecule has 2 aromatic carbocycles. The lowest BCUT2D eigenvalue weighted by Crippen LogP contribution is -2.66. The van der Waals surface area contributed by atoms with Crippen LogP contribution in [0.5, 0.6) is 0 Å². The summed E-state index contributed by atoms with van der Waals surface area (Å²) in [7, 11) is -8.02. The largest absolute Gasteiger partial charge is 0.341 e. The normalized spacial score (nSPS) is 29.2. The van der Waals surface area contributed by atoms with Crippen molar-refractivity contribution in [1.82, 2.24) is 4.90 Å². The summed E-state index contributed by atoms with van der Waals surface area (Å²) in [6.45, 7) is 0.0991. The predicted molar refractivity (Wildman–Crippen MR) is 141 cm³/mol. The molecule has 2 bridgehead atoms. The van der Waals surface area contributed by atoms with Crippen molar-refractivity contribution >= 4 is 48.9 Å². The van der Waals surface area contributed by atoms with Gasteiger partial charge in [-0.05, 0) is 73.4 Å². The number of amides is 1. The van der Waals surface area contributed by atoms with Crippen molar-refractivity contribution < 1.29 is 30.8 Å².